The number of carbonyl (C=O) groups excluding carboxylic acids is 1. The summed E-state index contributed by atoms with van der Waals surface area (Å²) >= 11 is 9.92. The van der Waals surface area contributed by atoms with E-state index in [-0.39, 0.29) is 17.4 Å². The standard InChI is InChI=1S/C8H5ClF3NS.C4H7N3O/c9-7-3-5(13-4-14)1-2-6(7)8(10,11)12;1-6-7-4(8)2-3-5/h1-4H,(H,13,14);6H,2H2,1H3,(H,7,8). The minimum atomic E-state index is -4.42. The molecule has 1 amide bonds. The van der Waals surface area contributed by atoms with Crippen molar-refractivity contribution in [1.82, 2.24) is 10.9 Å². The predicted molar refractivity (Wildman–Crippen MR) is 81.2 cm³/mol. The Morgan fingerprint density at radius 2 is 2.14 bits per heavy atom. The number of nitrogens with zero attached hydrogens (tertiary/aromatic N) is 1. The van der Waals surface area contributed by atoms with Gasteiger partial charge in [-0.05, 0) is 18.2 Å². The Balaban J connectivity index is 0.000000472. The van der Waals surface area contributed by atoms with Gasteiger partial charge in [-0.3, -0.25) is 10.2 Å². The second kappa shape index (κ2) is 9.94. The summed E-state index contributed by atoms with van der Waals surface area (Å²) in [5.74, 6) is -0.310. The summed E-state index contributed by atoms with van der Waals surface area (Å²) in [6, 6.07) is 5.04. The van der Waals surface area contributed by atoms with Crippen LogP contribution in [0.25, 0.3) is 0 Å². The van der Waals surface area contributed by atoms with Crippen LogP contribution in [0.5, 0.6) is 0 Å². The Morgan fingerprint density at radius 3 is 2.55 bits per heavy atom. The number of thiocarbonyl (C=S) groups is 1. The van der Waals surface area contributed by atoms with Crippen LogP contribution in [0.15, 0.2) is 18.2 Å². The van der Waals surface area contributed by atoms with Gasteiger partial charge in [0.15, 0.2) is 0 Å². The number of benzene rings is 1. The number of hydrogen-bond donors (Lipinski definition) is 3. The van der Waals surface area contributed by atoms with Crippen LogP contribution in [-0.2, 0) is 11.0 Å². The van der Waals surface area contributed by atoms with E-state index in [9.17, 15) is 18.0 Å². The van der Waals surface area contributed by atoms with Gasteiger partial charge >= 0.3 is 6.18 Å². The molecular weight excluding hydrogens is 341 g/mol. The number of amides is 1. The molecule has 10 heteroatoms. The topological polar surface area (TPSA) is 76.9 Å². The minimum absolute atomic E-state index is 0.0964. The molecule has 0 aliphatic heterocycles. The van der Waals surface area contributed by atoms with Gasteiger partial charge < -0.3 is 5.32 Å². The van der Waals surface area contributed by atoms with Gasteiger partial charge in [-0.25, -0.2) is 5.43 Å². The molecule has 3 N–H and O–H groups in total. The number of anilines is 1. The number of carbonyl (C=O) groups is 1. The van der Waals surface area contributed by atoms with Gasteiger partial charge in [0.1, 0.15) is 6.42 Å². The lowest BCUT2D eigenvalue weighted by atomic mass is 10.2. The molecule has 5 nitrogen and oxygen atoms in total. The van der Waals surface area contributed by atoms with Gasteiger partial charge in [0.05, 0.1) is 22.1 Å². The molecular formula is C12H12ClF3N4OS. The van der Waals surface area contributed by atoms with Crippen LogP contribution in [0.4, 0.5) is 18.9 Å². The quantitative estimate of drug-likeness (QED) is 0.574. The molecule has 0 bridgehead atoms. The molecule has 22 heavy (non-hydrogen) atoms. The first-order valence-corrected chi connectivity index (χ1v) is 6.50. The Hall–Kier alpha value is -1.89. The Bertz CT molecular complexity index is 560. The fourth-order valence-electron chi connectivity index (χ4n) is 1.16. The van der Waals surface area contributed by atoms with Crippen LogP contribution in [-0.4, -0.2) is 18.4 Å². The summed E-state index contributed by atoms with van der Waals surface area (Å²) in [6.07, 6.45) is -4.52. The molecule has 0 spiro atoms. The van der Waals surface area contributed by atoms with Crippen LogP contribution in [0.2, 0.25) is 5.02 Å². The van der Waals surface area contributed by atoms with Crippen molar-refractivity contribution in [3.05, 3.63) is 28.8 Å². The van der Waals surface area contributed by atoms with Crippen molar-refractivity contribution < 1.29 is 18.0 Å². The second-order valence-corrected chi connectivity index (χ2v) is 4.23. The summed E-state index contributed by atoms with van der Waals surface area (Å²) in [5, 5.41) is 10.1. The van der Waals surface area contributed by atoms with Crippen molar-refractivity contribution in [3.8, 4) is 6.07 Å². The van der Waals surface area contributed by atoms with Crippen molar-refractivity contribution in [2.45, 2.75) is 12.6 Å². The normalized spacial score (nSPS) is 9.82. The van der Waals surface area contributed by atoms with Crippen LogP contribution < -0.4 is 16.2 Å². The Labute approximate surface area is 135 Å². The number of hydrogen-bond acceptors (Lipinski definition) is 4. The highest BCUT2D eigenvalue weighted by Crippen LogP contribution is 2.35. The van der Waals surface area contributed by atoms with E-state index >= 15 is 0 Å². The molecule has 0 fully saturated rings. The maximum Gasteiger partial charge on any atom is 0.417 e. The molecule has 0 aliphatic carbocycles. The number of nitriles is 1. The molecule has 1 aromatic carbocycles. The summed E-state index contributed by atoms with van der Waals surface area (Å²) in [4.78, 5) is 10.2. The minimum Gasteiger partial charge on any atom is -0.353 e. The second-order valence-electron chi connectivity index (χ2n) is 3.59. The van der Waals surface area contributed by atoms with Crippen molar-refractivity contribution in [3.63, 3.8) is 0 Å². The fraction of sp³-hybridized carbons (Fsp3) is 0.250. The molecule has 0 radical (unpaired) electrons. The third kappa shape index (κ3) is 7.78. The van der Waals surface area contributed by atoms with Gasteiger partial charge in [0, 0.05) is 12.7 Å². The fourth-order valence-corrected chi connectivity index (χ4v) is 1.58. The molecule has 0 aliphatic rings. The molecule has 0 atom stereocenters. The first-order valence-electron chi connectivity index (χ1n) is 5.65. The predicted octanol–water partition coefficient (Wildman–Crippen LogP) is 2.88. The van der Waals surface area contributed by atoms with Crippen molar-refractivity contribution in [2.24, 2.45) is 0 Å². The lowest BCUT2D eigenvalue weighted by Gasteiger charge is -2.09. The molecule has 0 saturated heterocycles. The van der Waals surface area contributed by atoms with E-state index in [4.69, 9.17) is 16.9 Å². The average molecular weight is 353 g/mol. The van der Waals surface area contributed by atoms with E-state index in [0.29, 0.717) is 5.69 Å². The maximum absolute atomic E-state index is 12.2. The highest BCUT2D eigenvalue weighted by atomic mass is 35.5. The van der Waals surface area contributed by atoms with Gasteiger partial charge in [-0.1, -0.05) is 23.8 Å². The first kappa shape index (κ1) is 20.1. The van der Waals surface area contributed by atoms with Gasteiger partial charge in [0.25, 0.3) is 0 Å². The van der Waals surface area contributed by atoms with E-state index in [1.165, 1.54) is 17.6 Å². The van der Waals surface area contributed by atoms with Crippen LogP contribution >= 0.6 is 23.8 Å². The number of alkyl halides is 3. The summed E-state index contributed by atoms with van der Waals surface area (Å²) in [6.45, 7) is 0. The molecule has 1 rings (SSSR count). The lowest BCUT2D eigenvalue weighted by Crippen LogP contribution is -2.33. The smallest absolute Gasteiger partial charge is 0.353 e. The Kier molecular flexibility index (Phi) is 9.09. The van der Waals surface area contributed by atoms with Crippen molar-refractivity contribution in [2.75, 3.05) is 12.4 Å². The van der Waals surface area contributed by atoms with Crippen LogP contribution in [0.3, 0.4) is 0 Å². The van der Waals surface area contributed by atoms with Crippen LogP contribution in [0.1, 0.15) is 12.0 Å². The SMILES string of the molecule is CNNC(=O)CC#N.FC(F)(F)c1ccc(NC=S)cc1Cl. The zero-order valence-corrected chi connectivity index (χ0v) is 12.9. The number of rotatable bonds is 4. The van der Waals surface area contributed by atoms with E-state index in [2.05, 4.69) is 28.4 Å². The van der Waals surface area contributed by atoms with Crippen molar-refractivity contribution in [1.29, 1.82) is 5.26 Å². The van der Waals surface area contributed by atoms with Crippen molar-refractivity contribution >= 4 is 40.9 Å². The number of hydrazine groups is 1. The average Bonchev–Trinajstić information content (AvgIpc) is 2.39. The van der Waals surface area contributed by atoms with E-state index in [1.807, 2.05) is 0 Å². The summed E-state index contributed by atoms with van der Waals surface area (Å²) in [7, 11) is 1.56. The maximum atomic E-state index is 12.2. The Morgan fingerprint density at radius 1 is 1.50 bits per heavy atom. The molecule has 120 valence electrons. The largest absolute Gasteiger partial charge is 0.417 e. The van der Waals surface area contributed by atoms with Crippen LogP contribution in [0, 0.1) is 11.3 Å². The number of nitrogens with one attached hydrogen (secondary N) is 3. The summed E-state index contributed by atoms with van der Waals surface area (Å²) in [5.41, 5.74) is 5.41. The summed E-state index contributed by atoms with van der Waals surface area (Å²) < 4.78 is 36.7. The lowest BCUT2D eigenvalue weighted by molar-refractivity contribution is -0.137. The van der Waals surface area contributed by atoms with Gasteiger partial charge in [0.2, 0.25) is 5.91 Å². The number of halogens is 4. The zero-order chi connectivity index (χ0) is 17.2. The monoisotopic (exact) mass is 352 g/mol. The third-order valence-electron chi connectivity index (χ3n) is 2.00. The van der Waals surface area contributed by atoms with Gasteiger partial charge in [-0.15, -0.1) is 0 Å². The van der Waals surface area contributed by atoms with Gasteiger partial charge in [-0.2, -0.15) is 18.4 Å². The highest BCUT2D eigenvalue weighted by molar-refractivity contribution is 7.79. The molecule has 0 aromatic heterocycles. The highest BCUT2D eigenvalue weighted by Gasteiger charge is 2.32. The molecule has 1 aromatic rings. The zero-order valence-electron chi connectivity index (χ0n) is 11.3. The van der Waals surface area contributed by atoms with E-state index in [1.54, 1.807) is 13.1 Å². The first-order chi connectivity index (χ1) is 10.3. The van der Waals surface area contributed by atoms with E-state index in [0.717, 1.165) is 6.07 Å². The molecule has 0 heterocycles. The third-order valence-corrected chi connectivity index (χ3v) is 2.43. The van der Waals surface area contributed by atoms with E-state index < -0.39 is 11.7 Å². The molecule has 0 unspecified atom stereocenters. The molecule has 0 saturated carbocycles.